The smallest absolute Gasteiger partial charge is 0.306 e. The van der Waals surface area contributed by atoms with Crippen LogP contribution < -0.4 is 0 Å². The van der Waals surface area contributed by atoms with Crippen LogP contribution in [0, 0.1) is 5.92 Å². The molecule has 0 rings (SSSR count). The van der Waals surface area contributed by atoms with Crippen LogP contribution in [0.4, 0.5) is 0 Å². The van der Waals surface area contributed by atoms with Crippen molar-refractivity contribution in [2.75, 3.05) is 13.2 Å². The molecule has 0 N–H and O–H groups in total. The maximum atomic E-state index is 12.7. The van der Waals surface area contributed by atoms with Crippen molar-refractivity contribution in [1.82, 2.24) is 0 Å². The molecular formula is C39H68O6. The largest absolute Gasteiger partial charge is 0.465 e. The van der Waals surface area contributed by atoms with Gasteiger partial charge in [0, 0.05) is 19.3 Å². The Balaban J connectivity index is 4.67. The quantitative estimate of drug-likeness (QED) is 0.0304. The van der Waals surface area contributed by atoms with Crippen LogP contribution in [0.3, 0.4) is 0 Å². The Kier molecular flexibility index (Phi) is 31.3. The molecule has 0 aromatic carbocycles. The van der Waals surface area contributed by atoms with Crippen molar-refractivity contribution in [2.45, 2.75) is 174 Å². The van der Waals surface area contributed by atoms with Crippen molar-refractivity contribution in [3.8, 4) is 0 Å². The van der Waals surface area contributed by atoms with E-state index in [1.54, 1.807) is 0 Å². The lowest BCUT2D eigenvalue weighted by Gasteiger charge is -2.26. The van der Waals surface area contributed by atoms with Gasteiger partial charge in [-0.3, -0.25) is 14.4 Å². The van der Waals surface area contributed by atoms with E-state index in [1.165, 1.54) is 57.8 Å². The Morgan fingerprint density at radius 2 is 0.800 bits per heavy atom. The molecule has 45 heavy (non-hydrogen) atoms. The monoisotopic (exact) mass is 633 g/mol. The Labute approximate surface area is 276 Å². The van der Waals surface area contributed by atoms with E-state index in [0.29, 0.717) is 25.7 Å². The first-order valence-electron chi connectivity index (χ1n) is 18.3. The van der Waals surface area contributed by atoms with Gasteiger partial charge in [0.2, 0.25) is 0 Å². The third-order valence-corrected chi connectivity index (χ3v) is 8.25. The van der Waals surface area contributed by atoms with Crippen LogP contribution in [0.2, 0.25) is 0 Å². The zero-order valence-electron chi connectivity index (χ0n) is 29.0. The fourth-order valence-electron chi connectivity index (χ4n) is 5.34. The second kappa shape index (κ2) is 33.0. The summed E-state index contributed by atoms with van der Waals surface area (Å²) in [4.78, 5) is 37.7. The van der Waals surface area contributed by atoms with E-state index < -0.39 is 6.10 Å². The molecule has 0 amide bonds. The van der Waals surface area contributed by atoms with Gasteiger partial charge in [0.05, 0.1) is 5.92 Å². The Morgan fingerprint density at radius 3 is 1.13 bits per heavy atom. The van der Waals surface area contributed by atoms with Gasteiger partial charge < -0.3 is 14.2 Å². The van der Waals surface area contributed by atoms with Crippen molar-refractivity contribution < 1.29 is 28.6 Å². The second-order valence-corrected chi connectivity index (χ2v) is 12.4. The molecule has 0 aromatic heterocycles. The Hall–Kier alpha value is -2.37. The van der Waals surface area contributed by atoms with Gasteiger partial charge in [-0.25, -0.2) is 0 Å². The molecule has 6 heteroatoms. The highest BCUT2D eigenvalue weighted by Gasteiger charge is 2.27. The Bertz CT molecular complexity index is 721. The minimum atomic E-state index is -0.469. The highest BCUT2D eigenvalue weighted by molar-refractivity contribution is 5.70. The predicted molar refractivity (Wildman–Crippen MR) is 187 cm³/mol. The van der Waals surface area contributed by atoms with Gasteiger partial charge in [-0.15, -0.1) is 19.7 Å². The van der Waals surface area contributed by atoms with Crippen molar-refractivity contribution >= 4 is 17.9 Å². The van der Waals surface area contributed by atoms with Crippen LogP contribution in [0.5, 0.6) is 0 Å². The van der Waals surface area contributed by atoms with Crippen LogP contribution in [-0.4, -0.2) is 37.2 Å². The zero-order chi connectivity index (χ0) is 33.2. The number of allylic oxidation sites excluding steroid dienone is 3. The predicted octanol–water partition coefficient (Wildman–Crippen LogP) is 10.9. The third kappa shape index (κ3) is 28.8. The normalized spacial score (nSPS) is 11.6. The molecule has 0 aliphatic rings. The highest BCUT2D eigenvalue weighted by Crippen LogP contribution is 2.18. The highest BCUT2D eigenvalue weighted by atomic mass is 16.6. The SMILES string of the molecule is C=CCCCCCCCCC(=O)OCC(COC(=O)CCCCCCCCC=C)C(CC)OC(=O)CCCCCCCCC=C. The van der Waals surface area contributed by atoms with Gasteiger partial charge >= 0.3 is 17.9 Å². The molecule has 1 atom stereocenters. The van der Waals surface area contributed by atoms with Crippen molar-refractivity contribution in [1.29, 1.82) is 0 Å². The van der Waals surface area contributed by atoms with E-state index >= 15 is 0 Å². The Morgan fingerprint density at radius 1 is 0.489 bits per heavy atom. The average Bonchev–Trinajstić information content (AvgIpc) is 3.03. The molecule has 260 valence electrons. The molecule has 0 aliphatic carbocycles. The molecule has 0 bridgehead atoms. The molecule has 0 saturated carbocycles. The number of hydrogen-bond donors (Lipinski definition) is 0. The summed E-state index contributed by atoms with van der Waals surface area (Å²) in [7, 11) is 0. The van der Waals surface area contributed by atoms with E-state index in [4.69, 9.17) is 14.2 Å². The standard InChI is InChI=1S/C39H68O6/c1-5-9-12-15-18-21-24-27-30-37(40)43-33-35(34-44-38(41)31-28-25-22-19-16-13-10-6-2)36(8-4)45-39(42)32-29-26-23-20-17-14-11-7-3/h5-7,35-36H,1-3,8-34H2,4H3. The van der Waals surface area contributed by atoms with E-state index in [0.717, 1.165) is 77.0 Å². The van der Waals surface area contributed by atoms with Gasteiger partial charge in [-0.05, 0) is 64.2 Å². The van der Waals surface area contributed by atoms with Crippen molar-refractivity contribution in [3.05, 3.63) is 38.0 Å². The summed E-state index contributed by atoms with van der Waals surface area (Å²) in [6.07, 6.45) is 29.6. The first-order chi connectivity index (χ1) is 22.0. The number of hydrogen-bond acceptors (Lipinski definition) is 6. The van der Waals surface area contributed by atoms with Crippen LogP contribution in [-0.2, 0) is 28.6 Å². The average molecular weight is 633 g/mol. The van der Waals surface area contributed by atoms with Crippen LogP contribution in [0.15, 0.2) is 38.0 Å². The maximum absolute atomic E-state index is 12.7. The van der Waals surface area contributed by atoms with Crippen LogP contribution in [0.25, 0.3) is 0 Å². The molecule has 1 unspecified atom stereocenters. The molecule has 6 nitrogen and oxygen atoms in total. The number of esters is 3. The van der Waals surface area contributed by atoms with Gasteiger partial charge in [0.1, 0.15) is 19.3 Å². The molecule has 0 fully saturated rings. The second-order valence-electron chi connectivity index (χ2n) is 12.4. The summed E-state index contributed by atoms with van der Waals surface area (Å²) >= 11 is 0. The fraction of sp³-hybridized carbons (Fsp3) is 0.769. The van der Waals surface area contributed by atoms with Crippen molar-refractivity contribution in [3.63, 3.8) is 0 Å². The molecule has 0 aliphatic heterocycles. The lowest BCUT2D eigenvalue weighted by molar-refractivity contribution is -0.160. The summed E-state index contributed by atoms with van der Waals surface area (Å²) in [6.45, 7) is 13.4. The summed E-state index contributed by atoms with van der Waals surface area (Å²) in [5.74, 6) is -1.12. The van der Waals surface area contributed by atoms with Gasteiger partial charge in [-0.2, -0.15) is 0 Å². The third-order valence-electron chi connectivity index (χ3n) is 8.25. The number of unbranched alkanes of at least 4 members (excludes halogenated alkanes) is 18. The topological polar surface area (TPSA) is 78.9 Å². The molecular weight excluding hydrogens is 564 g/mol. The molecule has 0 saturated heterocycles. The van der Waals surface area contributed by atoms with Crippen LogP contribution >= 0.6 is 0 Å². The van der Waals surface area contributed by atoms with E-state index in [2.05, 4.69) is 19.7 Å². The first kappa shape index (κ1) is 42.6. The minimum absolute atomic E-state index is 0.0782. The van der Waals surface area contributed by atoms with Gasteiger partial charge in [0.15, 0.2) is 0 Å². The lowest BCUT2D eigenvalue weighted by atomic mass is 10.0. The lowest BCUT2D eigenvalue weighted by Crippen LogP contribution is -2.34. The minimum Gasteiger partial charge on any atom is -0.465 e. The van der Waals surface area contributed by atoms with E-state index in [1.807, 2.05) is 25.2 Å². The maximum Gasteiger partial charge on any atom is 0.306 e. The number of rotatable bonds is 34. The zero-order valence-corrected chi connectivity index (χ0v) is 29.0. The van der Waals surface area contributed by atoms with Gasteiger partial charge in [0.25, 0.3) is 0 Å². The molecule has 0 radical (unpaired) electrons. The molecule has 0 heterocycles. The summed E-state index contributed by atoms with van der Waals surface area (Å²) in [5, 5.41) is 0. The summed E-state index contributed by atoms with van der Waals surface area (Å²) in [5.41, 5.74) is 0. The number of carbonyl (C=O) groups excluding carboxylic acids is 3. The number of ether oxygens (including phenoxy) is 3. The number of carbonyl (C=O) groups is 3. The van der Waals surface area contributed by atoms with Crippen molar-refractivity contribution in [2.24, 2.45) is 5.92 Å². The molecule has 0 spiro atoms. The van der Waals surface area contributed by atoms with Crippen LogP contribution in [0.1, 0.15) is 167 Å². The first-order valence-corrected chi connectivity index (χ1v) is 18.3. The van der Waals surface area contributed by atoms with E-state index in [9.17, 15) is 14.4 Å². The summed E-state index contributed by atoms with van der Waals surface area (Å²) in [6, 6.07) is 0. The van der Waals surface area contributed by atoms with Gasteiger partial charge in [-0.1, -0.05) is 102 Å². The molecule has 0 aromatic rings. The summed E-state index contributed by atoms with van der Waals surface area (Å²) < 4.78 is 17.1. The van der Waals surface area contributed by atoms with E-state index in [-0.39, 0.29) is 37.0 Å². The fourth-order valence-corrected chi connectivity index (χ4v) is 5.34.